The standard InChI is InChI=1S/C17H29NO/c1-5-8-14(4)13-19-16-11-9-15(10-12-16)17(6-2)18-7-3/h9-12,14,17-18H,5-8,13H2,1-4H3. The van der Waals surface area contributed by atoms with Crippen molar-refractivity contribution in [1.82, 2.24) is 5.32 Å². The van der Waals surface area contributed by atoms with Crippen LogP contribution in [0.2, 0.25) is 0 Å². The molecular formula is C17H29NO. The van der Waals surface area contributed by atoms with Gasteiger partial charge in [0.2, 0.25) is 0 Å². The first kappa shape index (κ1) is 16.0. The first-order chi connectivity index (χ1) is 9.21. The second-order valence-corrected chi connectivity index (χ2v) is 5.29. The lowest BCUT2D eigenvalue weighted by atomic mass is 10.0. The number of hydrogen-bond donors (Lipinski definition) is 1. The van der Waals surface area contributed by atoms with Crippen molar-refractivity contribution < 1.29 is 4.74 Å². The summed E-state index contributed by atoms with van der Waals surface area (Å²) in [6, 6.07) is 8.99. The van der Waals surface area contributed by atoms with Gasteiger partial charge in [0.15, 0.2) is 0 Å². The predicted octanol–water partition coefficient (Wildman–Crippen LogP) is 4.56. The first-order valence-corrected chi connectivity index (χ1v) is 7.67. The van der Waals surface area contributed by atoms with Gasteiger partial charge in [0.05, 0.1) is 6.61 Å². The molecular weight excluding hydrogens is 234 g/mol. The predicted molar refractivity (Wildman–Crippen MR) is 82.7 cm³/mol. The minimum absolute atomic E-state index is 0.457. The van der Waals surface area contributed by atoms with Crippen LogP contribution in [-0.4, -0.2) is 13.2 Å². The topological polar surface area (TPSA) is 21.3 Å². The summed E-state index contributed by atoms with van der Waals surface area (Å²) >= 11 is 0. The van der Waals surface area contributed by atoms with E-state index < -0.39 is 0 Å². The second-order valence-electron chi connectivity index (χ2n) is 5.29. The lowest BCUT2D eigenvalue weighted by Gasteiger charge is -2.17. The first-order valence-electron chi connectivity index (χ1n) is 7.67. The van der Waals surface area contributed by atoms with Crippen molar-refractivity contribution in [1.29, 1.82) is 0 Å². The van der Waals surface area contributed by atoms with Gasteiger partial charge in [-0.2, -0.15) is 0 Å². The molecule has 0 aliphatic rings. The molecule has 2 heteroatoms. The fourth-order valence-electron chi connectivity index (χ4n) is 2.36. The second kappa shape index (κ2) is 8.98. The Morgan fingerprint density at radius 2 is 1.79 bits per heavy atom. The zero-order chi connectivity index (χ0) is 14.1. The molecule has 2 atom stereocenters. The molecule has 0 spiro atoms. The van der Waals surface area contributed by atoms with Crippen molar-refractivity contribution in [3.8, 4) is 5.75 Å². The monoisotopic (exact) mass is 263 g/mol. The van der Waals surface area contributed by atoms with Crippen LogP contribution < -0.4 is 10.1 Å². The summed E-state index contributed by atoms with van der Waals surface area (Å²) in [5.41, 5.74) is 1.35. The molecule has 0 bridgehead atoms. The van der Waals surface area contributed by atoms with Crippen LogP contribution in [0, 0.1) is 5.92 Å². The third-order valence-corrected chi connectivity index (χ3v) is 3.46. The molecule has 1 N–H and O–H groups in total. The number of ether oxygens (including phenoxy) is 1. The Balaban J connectivity index is 2.51. The van der Waals surface area contributed by atoms with Crippen LogP contribution in [0.4, 0.5) is 0 Å². The van der Waals surface area contributed by atoms with Crippen molar-refractivity contribution in [3.63, 3.8) is 0 Å². The van der Waals surface area contributed by atoms with Crippen molar-refractivity contribution >= 4 is 0 Å². The van der Waals surface area contributed by atoms with Crippen LogP contribution in [0.3, 0.4) is 0 Å². The Morgan fingerprint density at radius 3 is 2.32 bits per heavy atom. The van der Waals surface area contributed by atoms with E-state index in [2.05, 4.69) is 57.3 Å². The summed E-state index contributed by atoms with van der Waals surface area (Å²) in [6.45, 7) is 10.6. The molecule has 2 nitrogen and oxygen atoms in total. The van der Waals surface area contributed by atoms with Crippen molar-refractivity contribution in [2.75, 3.05) is 13.2 Å². The maximum absolute atomic E-state index is 5.83. The average molecular weight is 263 g/mol. The largest absolute Gasteiger partial charge is 0.493 e. The minimum Gasteiger partial charge on any atom is -0.493 e. The Bertz CT molecular complexity index is 334. The summed E-state index contributed by atoms with van der Waals surface area (Å²) in [6.07, 6.45) is 3.57. The van der Waals surface area contributed by atoms with Crippen LogP contribution in [0.5, 0.6) is 5.75 Å². The quantitative estimate of drug-likeness (QED) is 0.705. The molecule has 19 heavy (non-hydrogen) atoms. The molecule has 2 unspecified atom stereocenters. The summed E-state index contributed by atoms with van der Waals surface area (Å²) in [5.74, 6) is 1.62. The van der Waals surface area contributed by atoms with E-state index >= 15 is 0 Å². The summed E-state index contributed by atoms with van der Waals surface area (Å²) in [7, 11) is 0. The van der Waals surface area contributed by atoms with E-state index in [1.165, 1.54) is 18.4 Å². The van der Waals surface area contributed by atoms with E-state index in [0.717, 1.165) is 25.3 Å². The Labute approximate surface area is 118 Å². The van der Waals surface area contributed by atoms with Gasteiger partial charge >= 0.3 is 0 Å². The maximum atomic E-state index is 5.83. The van der Waals surface area contributed by atoms with E-state index in [9.17, 15) is 0 Å². The molecule has 0 fully saturated rings. The van der Waals surface area contributed by atoms with Crippen molar-refractivity contribution in [3.05, 3.63) is 29.8 Å². The van der Waals surface area contributed by atoms with Gasteiger partial charge in [0.25, 0.3) is 0 Å². The van der Waals surface area contributed by atoms with E-state index in [4.69, 9.17) is 4.74 Å². The normalized spacial score (nSPS) is 14.1. The van der Waals surface area contributed by atoms with Crippen LogP contribution in [0.15, 0.2) is 24.3 Å². The van der Waals surface area contributed by atoms with Gasteiger partial charge in [-0.05, 0) is 43.0 Å². The van der Waals surface area contributed by atoms with Crippen LogP contribution >= 0.6 is 0 Å². The molecule has 1 aromatic rings. The molecule has 0 saturated carbocycles. The van der Waals surface area contributed by atoms with Gasteiger partial charge < -0.3 is 10.1 Å². The average Bonchev–Trinajstić information content (AvgIpc) is 2.43. The number of hydrogen-bond acceptors (Lipinski definition) is 2. The van der Waals surface area contributed by atoms with E-state index in [1.54, 1.807) is 0 Å². The highest BCUT2D eigenvalue weighted by Crippen LogP contribution is 2.20. The van der Waals surface area contributed by atoms with Gasteiger partial charge in [0, 0.05) is 6.04 Å². The Kier molecular flexibility index (Phi) is 7.57. The van der Waals surface area contributed by atoms with Gasteiger partial charge in [0.1, 0.15) is 5.75 Å². The Hall–Kier alpha value is -1.02. The molecule has 0 radical (unpaired) electrons. The highest BCUT2D eigenvalue weighted by atomic mass is 16.5. The summed E-state index contributed by atoms with van der Waals surface area (Å²) in [4.78, 5) is 0. The SMILES string of the molecule is CCCC(C)COc1ccc(C(CC)NCC)cc1. The van der Waals surface area contributed by atoms with Gasteiger partial charge in [-0.3, -0.25) is 0 Å². The van der Waals surface area contributed by atoms with E-state index in [-0.39, 0.29) is 0 Å². The number of rotatable bonds is 9. The number of nitrogens with one attached hydrogen (secondary N) is 1. The van der Waals surface area contributed by atoms with Crippen LogP contribution in [0.25, 0.3) is 0 Å². The zero-order valence-electron chi connectivity index (χ0n) is 12.9. The third kappa shape index (κ3) is 5.65. The fraction of sp³-hybridized carbons (Fsp3) is 0.647. The smallest absolute Gasteiger partial charge is 0.119 e. The van der Waals surface area contributed by atoms with Gasteiger partial charge in [-0.1, -0.05) is 46.2 Å². The van der Waals surface area contributed by atoms with Crippen LogP contribution in [-0.2, 0) is 0 Å². The molecule has 0 aromatic heterocycles. The molecule has 108 valence electrons. The Morgan fingerprint density at radius 1 is 1.11 bits per heavy atom. The van der Waals surface area contributed by atoms with E-state index in [0.29, 0.717) is 12.0 Å². The minimum atomic E-state index is 0.457. The molecule has 1 aromatic carbocycles. The molecule has 0 saturated heterocycles. The molecule has 0 aliphatic heterocycles. The fourth-order valence-corrected chi connectivity index (χ4v) is 2.36. The summed E-state index contributed by atoms with van der Waals surface area (Å²) < 4.78 is 5.83. The summed E-state index contributed by atoms with van der Waals surface area (Å²) in [5, 5.41) is 3.49. The highest BCUT2D eigenvalue weighted by Gasteiger charge is 2.07. The lowest BCUT2D eigenvalue weighted by molar-refractivity contribution is 0.251. The van der Waals surface area contributed by atoms with Gasteiger partial charge in [-0.25, -0.2) is 0 Å². The molecule has 0 aliphatic carbocycles. The van der Waals surface area contributed by atoms with E-state index in [1.807, 2.05) is 0 Å². The van der Waals surface area contributed by atoms with Crippen molar-refractivity contribution in [2.45, 2.75) is 53.0 Å². The van der Waals surface area contributed by atoms with Crippen molar-refractivity contribution in [2.24, 2.45) is 5.92 Å². The third-order valence-electron chi connectivity index (χ3n) is 3.46. The molecule has 0 heterocycles. The maximum Gasteiger partial charge on any atom is 0.119 e. The molecule has 1 rings (SSSR count). The number of benzene rings is 1. The van der Waals surface area contributed by atoms with Gasteiger partial charge in [-0.15, -0.1) is 0 Å². The lowest BCUT2D eigenvalue weighted by Crippen LogP contribution is -2.19. The highest BCUT2D eigenvalue weighted by molar-refractivity contribution is 5.29. The zero-order valence-corrected chi connectivity index (χ0v) is 12.9. The molecule has 0 amide bonds. The van der Waals surface area contributed by atoms with Crippen LogP contribution in [0.1, 0.15) is 58.6 Å².